The van der Waals surface area contributed by atoms with Crippen molar-refractivity contribution in [1.29, 1.82) is 0 Å². The second kappa shape index (κ2) is 5.10. The van der Waals surface area contributed by atoms with Crippen LogP contribution in [-0.4, -0.2) is 49.9 Å². The molecule has 0 spiro atoms. The summed E-state index contributed by atoms with van der Waals surface area (Å²) in [7, 11) is -3.64. The quantitative estimate of drug-likeness (QED) is 0.601. The summed E-state index contributed by atoms with van der Waals surface area (Å²) >= 11 is 0. The third kappa shape index (κ3) is 2.82. The molecule has 9 heteroatoms. The van der Waals surface area contributed by atoms with Crippen molar-refractivity contribution in [3.8, 4) is 0 Å². The molecule has 1 fully saturated rings. The molecule has 0 aliphatic carbocycles. The van der Waals surface area contributed by atoms with Gasteiger partial charge in [-0.1, -0.05) is 0 Å². The lowest BCUT2D eigenvalue weighted by Gasteiger charge is -2.26. The Hall–Kier alpha value is -1.00. The van der Waals surface area contributed by atoms with E-state index in [1.165, 1.54) is 6.20 Å². The minimum absolute atomic E-state index is 0.0199. The van der Waals surface area contributed by atoms with Crippen molar-refractivity contribution < 1.29 is 13.2 Å². The van der Waals surface area contributed by atoms with E-state index < -0.39 is 10.0 Å². The lowest BCUT2D eigenvalue weighted by molar-refractivity contribution is 0.0272. The van der Waals surface area contributed by atoms with E-state index in [4.69, 9.17) is 10.5 Å². The zero-order valence-electron chi connectivity index (χ0n) is 9.22. The summed E-state index contributed by atoms with van der Waals surface area (Å²) in [6.45, 7) is 2.18. The summed E-state index contributed by atoms with van der Waals surface area (Å²) in [5.74, 6) is 0. The SMILES string of the molecule is NCc1cn[nH]c1S(=O)(=O)NN1CCOCC1. The van der Waals surface area contributed by atoms with Crippen molar-refractivity contribution in [2.24, 2.45) is 5.73 Å². The third-order valence-electron chi connectivity index (χ3n) is 2.43. The van der Waals surface area contributed by atoms with Gasteiger partial charge >= 0.3 is 0 Å². The Bertz CT molecular complexity index is 465. The Kier molecular flexibility index (Phi) is 3.74. The van der Waals surface area contributed by atoms with Gasteiger partial charge in [0, 0.05) is 25.2 Å². The summed E-state index contributed by atoms with van der Waals surface area (Å²) in [4.78, 5) is 2.47. The molecular weight excluding hydrogens is 246 g/mol. The average Bonchev–Trinajstić information content (AvgIpc) is 2.78. The molecule has 0 radical (unpaired) electrons. The molecule has 0 bridgehead atoms. The van der Waals surface area contributed by atoms with Gasteiger partial charge < -0.3 is 10.5 Å². The first-order valence-electron chi connectivity index (χ1n) is 5.21. The number of ether oxygens (including phenoxy) is 1. The maximum absolute atomic E-state index is 12.0. The van der Waals surface area contributed by atoms with E-state index in [1.807, 2.05) is 0 Å². The third-order valence-corrected chi connectivity index (χ3v) is 3.82. The topological polar surface area (TPSA) is 113 Å². The molecule has 0 aromatic carbocycles. The second-order valence-corrected chi connectivity index (χ2v) is 5.22. The molecule has 1 aromatic heterocycles. The summed E-state index contributed by atoms with van der Waals surface area (Å²) in [6.07, 6.45) is 1.41. The van der Waals surface area contributed by atoms with Crippen LogP contribution in [0.3, 0.4) is 0 Å². The van der Waals surface area contributed by atoms with E-state index in [9.17, 15) is 8.42 Å². The van der Waals surface area contributed by atoms with Gasteiger partial charge in [0.2, 0.25) is 0 Å². The van der Waals surface area contributed by atoms with E-state index >= 15 is 0 Å². The number of hydrogen-bond acceptors (Lipinski definition) is 6. The van der Waals surface area contributed by atoms with Crippen molar-refractivity contribution in [3.63, 3.8) is 0 Å². The highest BCUT2D eigenvalue weighted by Gasteiger charge is 2.23. The second-order valence-electron chi connectivity index (χ2n) is 3.62. The summed E-state index contributed by atoms with van der Waals surface area (Å²) in [5, 5.41) is 7.75. The van der Waals surface area contributed by atoms with Crippen LogP contribution in [0.4, 0.5) is 0 Å². The Morgan fingerprint density at radius 3 is 2.88 bits per heavy atom. The largest absolute Gasteiger partial charge is 0.379 e. The number of nitrogens with one attached hydrogen (secondary N) is 2. The number of H-pyrrole nitrogens is 1. The maximum Gasteiger partial charge on any atom is 0.270 e. The number of rotatable bonds is 4. The molecule has 1 aliphatic rings. The molecule has 2 rings (SSSR count). The fourth-order valence-electron chi connectivity index (χ4n) is 1.55. The predicted molar refractivity (Wildman–Crippen MR) is 59.2 cm³/mol. The van der Waals surface area contributed by atoms with Crippen LogP contribution in [0.5, 0.6) is 0 Å². The number of sulfonamides is 1. The van der Waals surface area contributed by atoms with Crippen molar-refractivity contribution in [2.45, 2.75) is 11.6 Å². The summed E-state index contributed by atoms with van der Waals surface area (Å²) in [5.41, 5.74) is 5.90. The maximum atomic E-state index is 12.0. The summed E-state index contributed by atoms with van der Waals surface area (Å²) in [6, 6.07) is 0. The predicted octanol–water partition coefficient (Wildman–Crippen LogP) is -1.61. The highest BCUT2D eigenvalue weighted by Crippen LogP contribution is 2.11. The molecule has 17 heavy (non-hydrogen) atoms. The Morgan fingerprint density at radius 2 is 2.24 bits per heavy atom. The van der Waals surface area contributed by atoms with Gasteiger partial charge in [-0.25, -0.2) is 13.4 Å². The van der Waals surface area contributed by atoms with E-state index in [0.717, 1.165) is 0 Å². The molecular formula is C8H15N5O3S. The number of nitrogens with zero attached hydrogens (tertiary/aromatic N) is 2. The monoisotopic (exact) mass is 261 g/mol. The van der Waals surface area contributed by atoms with Crippen LogP contribution in [0.1, 0.15) is 5.56 Å². The lowest BCUT2D eigenvalue weighted by Crippen LogP contribution is -2.48. The molecule has 0 amide bonds. The number of hydrogen-bond donors (Lipinski definition) is 3. The fraction of sp³-hybridized carbons (Fsp3) is 0.625. The first-order chi connectivity index (χ1) is 8.13. The molecule has 1 aliphatic heterocycles. The first kappa shape index (κ1) is 12.5. The standard InChI is InChI=1S/C8H15N5O3S/c9-5-7-6-10-11-8(7)17(14,15)12-13-1-3-16-4-2-13/h6,12H,1-5,9H2,(H,10,11). The van der Waals surface area contributed by atoms with Gasteiger partial charge in [-0.05, 0) is 0 Å². The van der Waals surface area contributed by atoms with E-state index in [2.05, 4.69) is 15.0 Å². The van der Waals surface area contributed by atoms with E-state index in [0.29, 0.717) is 31.9 Å². The minimum Gasteiger partial charge on any atom is -0.379 e. The number of hydrazine groups is 1. The van der Waals surface area contributed by atoms with Crippen LogP contribution in [0.15, 0.2) is 11.2 Å². The van der Waals surface area contributed by atoms with Gasteiger partial charge in [0.15, 0.2) is 5.03 Å². The van der Waals surface area contributed by atoms with Gasteiger partial charge in [0.25, 0.3) is 10.0 Å². The van der Waals surface area contributed by atoms with E-state index in [-0.39, 0.29) is 11.6 Å². The van der Waals surface area contributed by atoms with Crippen LogP contribution in [0, 0.1) is 0 Å². The normalized spacial score (nSPS) is 18.4. The number of nitrogens with two attached hydrogens (primary N) is 1. The van der Waals surface area contributed by atoms with Crippen molar-refractivity contribution >= 4 is 10.0 Å². The number of morpholine rings is 1. The molecule has 0 saturated carbocycles. The average molecular weight is 261 g/mol. The van der Waals surface area contributed by atoms with E-state index in [1.54, 1.807) is 5.01 Å². The van der Waals surface area contributed by atoms with Gasteiger partial charge in [-0.2, -0.15) is 5.10 Å². The fourth-order valence-corrected chi connectivity index (χ4v) is 2.82. The Labute approximate surface area is 99.1 Å². The number of aromatic amines is 1. The molecule has 8 nitrogen and oxygen atoms in total. The Morgan fingerprint density at radius 1 is 1.53 bits per heavy atom. The molecule has 96 valence electrons. The van der Waals surface area contributed by atoms with Crippen LogP contribution >= 0.6 is 0 Å². The first-order valence-corrected chi connectivity index (χ1v) is 6.69. The van der Waals surface area contributed by atoms with Gasteiger partial charge in [-0.15, -0.1) is 4.83 Å². The Balaban J connectivity index is 2.13. The molecule has 1 saturated heterocycles. The van der Waals surface area contributed by atoms with Crippen molar-refractivity contribution in [1.82, 2.24) is 20.0 Å². The van der Waals surface area contributed by atoms with Crippen LogP contribution < -0.4 is 10.6 Å². The lowest BCUT2D eigenvalue weighted by atomic mass is 10.4. The van der Waals surface area contributed by atoms with Crippen molar-refractivity contribution in [3.05, 3.63) is 11.8 Å². The minimum atomic E-state index is -3.64. The van der Waals surface area contributed by atoms with Gasteiger partial charge in [0.05, 0.1) is 19.4 Å². The molecule has 0 unspecified atom stereocenters. The van der Waals surface area contributed by atoms with Gasteiger partial charge in [0.1, 0.15) is 0 Å². The van der Waals surface area contributed by atoms with Crippen LogP contribution in [-0.2, 0) is 21.3 Å². The van der Waals surface area contributed by atoms with Crippen molar-refractivity contribution in [2.75, 3.05) is 26.3 Å². The summed E-state index contributed by atoms with van der Waals surface area (Å²) < 4.78 is 29.2. The molecule has 4 N–H and O–H groups in total. The molecule has 1 aromatic rings. The van der Waals surface area contributed by atoms with Crippen LogP contribution in [0.25, 0.3) is 0 Å². The zero-order valence-corrected chi connectivity index (χ0v) is 10.0. The smallest absolute Gasteiger partial charge is 0.270 e. The zero-order chi connectivity index (χ0) is 12.3. The highest BCUT2D eigenvalue weighted by molar-refractivity contribution is 7.89. The van der Waals surface area contributed by atoms with Gasteiger partial charge in [-0.3, -0.25) is 5.10 Å². The number of aromatic nitrogens is 2. The van der Waals surface area contributed by atoms with Crippen LogP contribution in [0.2, 0.25) is 0 Å². The molecule has 0 atom stereocenters. The molecule has 2 heterocycles. The highest BCUT2D eigenvalue weighted by atomic mass is 32.2.